The molecule has 0 aromatic carbocycles. The fraction of sp³-hybridized carbons (Fsp3) is 0.364. The van der Waals surface area contributed by atoms with Gasteiger partial charge in [0.25, 0.3) is 0 Å². The summed E-state index contributed by atoms with van der Waals surface area (Å²) < 4.78 is 5.60. The molecule has 0 radical (unpaired) electrons. The van der Waals surface area contributed by atoms with Crippen molar-refractivity contribution in [3.63, 3.8) is 0 Å². The van der Waals surface area contributed by atoms with Crippen molar-refractivity contribution < 1.29 is 4.42 Å². The van der Waals surface area contributed by atoms with Crippen molar-refractivity contribution >= 4 is 11.3 Å². The summed E-state index contributed by atoms with van der Waals surface area (Å²) in [7, 11) is 0. The standard InChI is InChI=1S/C11H14N2OS/c1-2-8-3-4-11(14-8)10(12)5-9-6-13-7-15-9/h3-4,6-7,10H,2,5,12H2,1H3. The Morgan fingerprint density at radius 2 is 2.40 bits per heavy atom. The summed E-state index contributed by atoms with van der Waals surface area (Å²) >= 11 is 1.63. The Hall–Kier alpha value is -1.13. The van der Waals surface area contributed by atoms with Gasteiger partial charge in [-0.05, 0) is 12.1 Å². The Morgan fingerprint density at radius 1 is 1.53 bits per heavy atom. The van der Waals surface area contributed by atoms with Crippen molar-refractivity contribution in [2.24, 2.45) is 5.73 Å². The lowest BCUT2D eigenvalue weighted by Gasteiger charge is -2.06. The number of hydrogen-bond acceptors (Lipinski definition) is 4. The van der Waals surface area contributed by atoms with Crippen molar-refractivity contribution in [1.82, 2.24) is 4.98 Å². The molecule has 0 aliphatic carbocycles. The van der Waals surface area contributed by atoms with Gasteiger partial charge in [0.1, 0.15) is 11.5 Å². The van der Waals surface area contributed by atoms with E-state index in [1.165, 1.54) is 4.88 Å². The first-order chi connectivity index (χ1) is 7.29. The van der Waals surface area contributed by atoms with Crippen LogP contribution in [0.25, 0.3) is 0 Å². The highest BCUT2D eigenvalue weighted by molar-refractivity contribution is 7.09. The van der Waals surface area contributed by atoms with Crippen LogP contribution in [0.15, 0.2) is 28.3 Å². The van der Waals surface area contributed by atoms with Gasteiger partial charge < -0.3 is 10.2 Å². The largest absolute Gasteiger partial charge is 0.464 e. The van der Waals surface area contributed by atoms with Crippen LogP contribution in [0.4, 0.5) is 0 Å². The lowest BCUT2D eigenvalue weighted by molar-refractivity contribution is 0.435. The monoisotopic (exact) mass is 222 g/mol. The zero-order valence-corrected chi connectivity index (χ0v) is 9.46. The minimum atomic E-state index is -0.0641. The molecule has 2 aromatic rings. The quantitative estimate of drug-likeness (QED) is 0.864. The van der Waals surface area contributed by atoms with Gasteiger partial charge in [0.2, 0.25) is 0 Å². The summed E-state index contributed by atoms with van der Waals surface area (Å²) in [6, 6.07) is 3.89. The molecule has 0 bridgehead atoms. The zero-order valence-electron chi connectivity index (χ0n) is 8.64. The molecule has 2 heterocycles. The maximum absolute atomic E-state index is 6.04. The third kappa shape index (κ3) is 2.46. The maximum Gasteiger partial charge on any atom is 0.121 e. The second kappa shape index (κ2) is 4.59. The van der Waals surface area contributed by atoms with Gasteiger partial charge in [-0.2, -0.15) is 0 Å². The number of nitrogens with zero attached hydrogens (tertiary/aromatic N) is 1. The summed E-state index contributed by atoms with van der Waals surface area (Å²) in [6.07, 6.45) is 3.56. The molecule has 0 amide bonds. The number of furan rings is 1. The van der Waals surface area contributed by atoms with E-state index in [9.17, 15) is 0 Å². The van der Waals surface area contributed by atoms with Crippen molar-refractivity contribution in [1.29, 1.82) is 0 Å². The molecule has 0 saturated carbocycles. The van der Waals surface area contributed by atoms with E-state index >= 15 is 0 Å². The van der Waals surface area contributed by atoms with Crippen LogP contribution >= 0.6 is 11.3 Å². The first-order valence-electron chi connectivity index (χ1n) is 5.01. The van der Waals surface area contributed by atoms with Gasteiger partial charge >= 0.3 is 0 Å². The molecule has 0 aliphatic rings. The zero-order chi connectivity index (χ0) is 10.7. The Morgan fingerprint density at radius 3 is 3.00 bits per heavy atom. The first kappa shape index (κ1) is 10.4. The molecular weight excluding hydrogens is 208 g/mol. The summed E-state index contributed by atoms with van der Waals surface area (Å²) in [4.78, 5) is 5.21. The molecule has 0 aliphatic heterocycles. The van der Waals surface area contributed by atoms with Crippen LogP contribution in [-0.2, 0) is 12.8 Å². The molecule has 0 saturated heterocycles. The lowest BCUT2D eigenvalue weighted by Crippen LogP contribution is -2.11. The number of thiazole rings is 1. The molecule has 0 spiro atoms. The van der Waals surface area contributed by atoms with Gasteiger partial charge in [-0.15, -0.1) is 11.3 Å². The van der Waals surface area contributed by atoms with Gasteiger partial charge in [0.15, 0.2) is 0 Å². The fourth-order valence-corrected chi connectivity index (χ4v) is 2.10. The highest BCUT2D eigenvalue weighted by Gasteiger charge is 2.12. The molecule has 4 heteroatoms. The minimum absolute atomic E-state index is 0.0641. The van der Waals surface area contributed by atoms with E-state index < -0.39 is 0 Å². The Bertz CT molecular complexity index is 408. The number of rotatable bonds is 4. The SMILES string of the molecule is CCc1ccc(C(N)Cc2cncs2)o1. The van der Waals surface area contributed by atoms with E-state index in [1.807, 2.05) is 23.8 Å². The number of aryl methyl sites for hydroxylation is 1. The van der Waals surface area contributed by atoms with Crippen molar-refractivity contribution in [3.8, 4) is 0 Å². The first-order valence-corrected chi connectivity index (χ1v) is 5.89. The number of nitrogens with two attached hydrogens (primary N) is 1. The molecule has 1 atom stereocenters. The predicted molar refractivity (Wildman–Crippen MR) is 60.8 cm³/mol. The molecule has 1 unspecified atom stereocenters. The molecule has 80 valence electrons. The van der Waals surface area contributed by atoms with Crippen LogP contribution in [0.5, 0.6) is 0 Å². The van der Waals surface area contributed by atoms with E-state index in [0.29, 0.717) is 0 Å². The van der Waals surface area contributed by atoms with Crippen molar-refractivity contribution in [2.75, 3.05) is 0 Å². The summed E-state index contributed by atoms with van der Waals surface area (Å²) in [5.74, 6) is 1.85. The Labute approximate surface area is 92.9 Å². The van der Waals surface area contributed by atoms with E-state index in [0.717, 1.165) is 24.4 Å². The van der Waals surface area contributed by atoms with Crippen LogP contribution in [0.1, 0.15) is 29.4 Å². The normalized spacial score (nSPS) is 12.9. The minimum Gasteiger partial charge on any atom is -0.464 e. The number of hydrogen-bond donors (Lipinski definition) is 1. The van der Waals surface area contributed by atoms with Gasteiger partial charge in [0.05, 0.1) is 11.6 Å². The third-order valence-corrected chi connectivity index (χ3v) is 3.10. The van der Waals surface area contributed by atoms with Crippen molar-refractivity contribution in [3.05, 3.63) is 40.2 Å². The third-order valence-electron chi connectivity index (χ3n) is 2.30. The van der Waals surface area contributed by atoms with Crippen LogP contribution in [0.2, 0.25) is 0 Å². The fourth-order valence-electron chi connectivity index (χ4n) is 1.44. The molecular formula is C11H14N2OS. The second-order valence-corrected chi connectivity index (χ2v) is 4.41. The van der Waals surface area contributed by atoms with Gasteiger partial charge in [0, 0.05) is 23.9 Å². The van der Waals surface area contributed by atoms with Gasteiger partial charge in [-0.1, -0.05) is 6.92 Å². The summed E-state index contributed by atoms with van der Waals surface area (Å²) in [5.41, 5.74) is 7.86. The highest BCUT2D eigenvalue weighted by Crippen LogP contribution is 2.20. The lowest BCUT2D eigenvalue weighted by atomic mass is 10.1. The number of aromatic nitrogens is 1. The average molecular weight is 222 g/mol. The van der Waals surface area contributed by atoms with E-state index in [4.69, 9.17) is 10.2 Å². The van der Waals surface area contributed by atoms with Crippen LogP contribution in [0.3, 0.4) is 0 Å². The molecule has 2 aromatic heterocycles. The maximum atomic E-state index is 6.04. The molecule has 2 N–H and O–H groups in total. The van der Waals surface area contributed by atoms with Crippen LogP contribution in [-0.4, -0.2) is 4.98 Å². The predicted octanol–water partition coefficient (Wildman–Crippen LogP) is 2.54. The van der Waals surface area contributed by atoms with E-state index in [-0.39, 0.29) is 6.04 Å². The smallest absolute Gasteiger partial charge is 0.121 e. The summed E-state index contributed by atoms with van der Waals surface area (Å²) in [6.45, 7) is 2.07. The van der Waals surface area contributed by atoms with Gasteiger partial charge in [-0.3, -0.25) is 4.98 Å². The Kier molecular flexibility index (Phi) is 3.18. The van der Waals surface area contributed by atoms with Crippen molar-refractivity contribution in [2.45, 2.75) is 25.8 Å². The van der Waals surface area contributed by atoms with Crippen LogP contribution in [0, 0.1) is 0 Å². The average Bonchev–Trinajstić information content (AvgIpc) is 2.86. The molecule has 0 fully saturated rings. The van der Waals surface area contributed by atoms with E-state index in [2.05, 4.69) is 11.9 Å². The highest BCUT2D eigenvalue weighted by atomic mass is 32.1. The van der Waals surface area contributed by atoms with E-state index in [1.54, 1.807) is 11.3 Å². The Balaban J connectivity index is 2.04. The van der Waals surface area contributed by atoms with Crippen LogP contribution < -0.4 is 5.73 Å². The summed E-state index contributed by atoms with van der Waals surface area (Å²) in [5, 5.41) is 0. The molecule has 3 nitrogen and oxygen atoms in total. The van der Waals surface area contributed by atoms with Gasteiger partial charge in [-0.25, -0.2) is 0 Å². The second-order valence-electron chi connectivity index (χ2n) is 3.44. The molecule has 15 heavy (non-hydrogen) atoms. The molecule has 2 rings (SSSR count). The topological polar surface area (TPSA) is 52.0 Å².